The van der Waals surface area contributed by atoms with Crippen LogP contribution in [0.3, 0.4) is 0 Å². The first-order valence-corrected chi connectivity index (χ1v) is 7.18. The van der Waals surface area contributed by atoms with Crippen LogP contribution in [0.25, 0.3) is 0 Å². The molecule has 0 aliphatic heterocycles. The van der Waals surface area contributed by atoms with Crippen molar-refractivity contribution in [3.8, 4) is 5.75 Å². The molecular formula is C15H16ClF2N3O. The van der Waals surface area contributed by atoms with Gasteiger partial charge < -0.3 is 10.1 Å². The van der Waals surface area contributed by atoms with E-state index in [0.717, 1.165) is 0 Å². The van der Waals surface area contributed by atoms with Crippen molar-refractivity contribution in [1.29, 1.82) is 0 Å². The maximum Gasteiger partial charge on any atom is 0.387 e. The summed E-state index contributed by atoms with van der Waals surface area (Å²) in [6.45, 7) is 0.825. The van der Waals surface area contributed by atoms with E-state index in [1.807, 2.05) is 6.92 Å². The van der Waals surface area contributed by atoms with Crippen molar-refractivity contribution in [2.45, 2.75) is 32.9 Å². The molecule has 0 fully saturated rings. The molecule has 0 amide bonds. The van der Waals surface area contributed by atoms with Crippen LogP contribution in [0.15, 0.2) is 30.6 Å². The van der Waals surface area contributed by atoms with E-state index >= 15 is 0 Å². The number of anilines is 1. The Kier molecular flexibility index (Phi) is 5.49. The topological polar surface area (TPSA) is 47.0 Å². The Labute approximate surface area is 132 Å². The largest absolute Gasteiger partial charge is 0.434 e. The first kappa shape index (κ1) is 16.4. The first-order valence-electron chi connectivity index (χ1n) is 6.80. The lowest BCUT2D eigenvalue weighted by atomic mass is 10.0. The summed E-state index contributed by atoms with van der Waals surface area (Å²) in [5.74, 6) is 0.603. The summed E-state index contributed by atoms with van der Waals surface area (Å²) < 4.78 is 29.6. The highest BCUT2D eigenvalue weighted by molar-refractivity contribution is 6.33. The molecule has 0 saturated heterocycles. The minimum Gasteiger partial charge on any atom is -0.434 e. The average molecular weight is 328 g/mol. The van der Waals surface area contributed by atoms with Crippen LogP contribution in [0.5, 0.6) is 5.75 Å². The zero-order valence-corrected chi connectivity index (χ0v) is 12.9. The second-order valence-electron chi connectivity index (χ2n) is 4.64. The first-order chi connectivity index (χ1) is 10.5. The van der Waals surface area contributed by atoms with Crippen LogP contribution in [0, 0.1) is 6.92 Å². The van der Waals surface area contributed by atoms with Crippen LogP contribution < -0.4 is 10.1 Å². The molecule has 1 N–H and O–H groups in total. The summed E-state index contributed by atoms with van der Waals surface area (Å²) in [7, 11) is 0. The molecule has 0 spiro atoms. The molecule has 2 aromatic rings. The number of rotatable bonds is 6. The van der Waals surface area contributed by atoms with Gasteiger partial charge in [0, 0.05) is 5.56 Å². The highest BCUT2D eigenvalue weighted by Crippen LogP contribution is 2.32. The quantitative estimate of drug-likeness (QED) is 0.842. The van der Waals surface area contributed by atoms with Gasteiger partial charge in [-0.25, -0.2) is 9.97 Å². The zero-order valence-electron chi connectivity index (χ0n) is 12.2. The molecule has 0 radical (unpaired) electrons. The number of aryl methyl sites for hydroxylation is 1. The maximum atomic E-state index is 12.5. The molecule has 0 aliphatic carbocycles. The third kappa shape index (κ3) is 3.82. The summed E-state index contributed by atoms with van der Waals surface area (Å²) >= 11 is 6.17. The van der Waals surface area contributed by atoms with E-state index in [1.165, 1.54) is 12.4 Å². The van der Waals surface area contributed by atoms with Crippen LogP contribution in [0.4, 0.5) is 14.6 Å². The molecule has 4 nitrogen and oxygen atoms in total. The van der Waals surface area contributed by atoms with Gasteiger partial charge in [0.15, 0.2) is 0 Å². The lowest BCUT2D eigenvalue weighted by molar-refractivity contribution is -0.0505. The van der Waals surface area contributed by atoms with Gasteiger partial charge in [0.05, 0.1) is 11.7 Å². The summed E-state index contributed by atoms with van der Waals surface area (Å²) in [5, 5.41) is 3.57. The van der Waals surface area contributed by atoms with Gasteiger partial charge in [0.2, 0.25) is 0 Å². The van der Waals surface area contributed by atoms with Crippen LogP contribution in [0.1, 0.15) is 30.6 Å². The SMILES string of the molecule is CCC(Nc1ncnc(C)c1Cl)c1ccccc1OC(F)F. The molecule has 22 heavy (non-hydrogen) atoms. The number of benzene rings is 1. The van der Waals surface area contributed by atoms with Crippen molar-refractivity contribution < 1.29 is 13.5 Å². The Balaban J connectivity index is 2.31. The van der Waals surface area contributed by atoms with E-state index in [9.17, 15) is 8.78 Å². The van der Waals surface area contributed by atoms with Crippen molar-refractivity contribution >= 4 is 17.4 Å². The number of aromatic nitrogens is 2. The van der Waals surface area contributed by atoms with Crippen molar-refractivity contribution in [3.05, 3.63) is 46.9 Å². The van der Waals surface area contributed by atoms with E-state index in [-0.39, 0.29) is 11.8 Å². The number of hydrogen-bond donors (Lipinski definition) is 1. The number of para-hydroxylation sites is 1. The standard InChI is InChI=1S/C15H16ClF2N3O/c1-3-11(21-14-13(16)9(2)19-8-20-14)10-6-4-5-7-12(10)22-15(17)18/h4-8,11,15H,3H2,1-2H3,(H,19,20,21). The molecule has 1 heterocycles. The van der Waals surface area contributed by atoms with Crippen LogP contribution in [-0.4, -0.2) is 16.6 Å². The number of ether oxygens (including phenoxy) is 1. The third-order valence-corrected chi connectivity index (χ3v) is 3.65. The highest BCUT2D eigenvalue weighted by atomic mass is 35.5. The summed E-state index contributed by atoms with van der Waals surface area (Å²) in [6, 6.07) is 6.40. The summed E-state index contributed by atoms with van der Waals surface area (Å²) in [4.78, 5) is 8.10. The number of nitrogens with one attached hydrogen (secondary N) is 1. The van der Waals surface area contributed by atoms with Gasteiger partial charge in [-0.3, -0.25) is 0 Å². The van der Waals surface area contributed by atoms with Gasteiger partial charge in [-0.15, -0.1) is 0 Å². The van der Waals surface area contributed by atoms with Crippen molar-refractivity contribution in [2.75, 3.05) is 5.32 Å². The molecule has 1 aromatic carbocycles. The Morgan fingerprint density at radius 1 is 1.27 bits per heavy atom. The summed E-state index contributed by atoms with van der Waals surface area (Å²) in [5.41, 5.74) is 1.27. The average Bonchev–Trinajstić information content (AvgIpc) is 2.49. The van der Waals surface area contributed by atoms with Crippen molar-refractivity contribution in [2.24, 2.45) is 0 Å². The van der Waals surface area contributed by atoms with Crippen LogP contribution >= 0.6 is 11.6 Å². The molecule has 2 rings (SSSR count). The van der Waals surface area contributed by atoms with E-state index in [0.29, 0.717) is 28.5 Å². The van der Waals surface area contributed by atoms with E-state index in [1.54, 1.807) is 25.1 Å². The number of nitrogens with zero attached hydrogens (tertiary/aromatic N) is 2. The maximum absolute atomic E-state index is 12.5. The lowest BCUT2D eigenvalue weighted by Crippen LogP contribution is -2.14. The lowest BCUT2D eigenvalue weighted by Gasteiger charge is -2.21. The Bertz CT molecular complexity index is 640. The number of hydrogen-bond acceptors (Lipinski definition) is 4. The van der Waals surface area contributed by atoms with Crippen molar-refractivity contribution in [3.63, 3.8) is 0 Å². The smallest absolute Gasteiger partial charge is 0.387 e. The van der Waals surface area contributed by atoms with Gasteiger partial charge in [-0.2, -0.15) is 8.78 Å². The van der Waals surface area contributed by atoms with Crippen LogP contribution in [0.2, 0.25) is 5.02 Å². The third-order valence-electron chi connectivity index (χ3n) is 3.19. The summed E-state index contributed by atoms with van der Waals surface area (Å²) in [6.07, 6.45) is 2.04. The second-order valence-corrected chi connectivity index (χ2v) is 5.02. The molecule has 118 valence electrons. The molecule has 7 heteroatoms. The molecule has 0 saturated carbocycles. The monoisotopic (exact) mass is 327 g/mol. The molecule has 1 atom stereocenters. The predicted octanol–water partition coefficient (Wildman–Crippen LogP) is 4.60. The molecule has 0 bridgehead atoms. The minimum atomic E-state index is -2.87. The van der Waals surface area contributed by atoms with E-state index in [4.69, 9.17) is 11.6 Å². The van der Waals surface area contributed by atoms with Crippen LogP contribution in [-0.2, 0) is 0 Å². The molecule has 0 aliphatic rings. The van der Waals surface area contributed by atoms with Gasteiger partial charge in [0.25, 0.3) is 0 Å². The highest BCUT2D eigenvalue weighted by Gasteiger charge is 2.18. The normalized spacial score (nSPS) is 12.3. The number of halogens is 3. The van der Waals surface area contributed by atoms with E-state index in [2.05, 4.69) is 20.0 Å². The Hall–Kier alpha value is -1.95. The van der Waals surface area contributed by atoms with Gasteiger partial charge in [0.1, 0.15) is 22.9 Å². The fourth-order valence-corrected chi connectivity index (χ4v) is 2.25. The van der Waals surface area contributed by atoms with Gasteiger partial charge in [-0.1, -0.05) is 36.7 Å². The van der Waals surface area contributed by atoms with Crippen molar-refractivity contribution in [1.82, 2.24) is 9.97 Å². The number of alkyl halides is 2. The Morgan fingerprint density at radius 2 is 2.00 bits per heavy atom. The zero-order chi connectivity index (χ0) is 16.1. The fourth-order valence-electron chi connectivity index (χ4n) is 2.10. The second kappa shape index (κ2) is 7.35. The fraction of sp³-hybridized carbons (Fsp3) is 0.333. The van der Waals surface area contributed by atoms with Gasteiger partial charge >= 0.3 is 6.61 Å². The minimum absolute atomic E-state index is 0.138. The molecular weight excluding hydrogens is 312 g/mol. The molecule has 1 aromatic heterocycles. The predicted molar refractivity (Wildman–Crippen MR) is 81.5 cm³/mol. The van der Waals surface area contributed by atoms with Gasteiger partial charge in [-0.05, 0) is 19.4 Å². The Morgan fingerprint density at radius 3 is 2.68 bits per heavy atom. The van der Waals surface area contributed by atoms with E-state index < -0.39 is 6.61 Å². The molecule has 1 unspecified atom stereocenters.